The topological polar surface area (TPSA) is 67.9 Å². The lowest BCUT2D eigenvalue weighted by molar-refractivity contribution is -0.120. The molecule has 10 heteroatoms. The summed E-state index contributed by atoms with van der Waals surface area (Å²) in [5.41, 5.74) is 3.05. The molecular formula is C35H51BrF2N2O4Si. The standard InChI is InChI=1S/C35H51BrF2N2O4Si/c1-11-23-17-28-27(29(36)18-23)13-12-14-31(28)40(33(42)43-34(3,4)5)21-32(44-45(9,10)35(6,7)8)30(39-22(2)41)19-24-15-25(37)20-26(38)16-24/h15-18,20,30-32H,11-14,19,21H2,1-10H3,(H,39,41)/t30?,31-,32+/m0/s1. The van der Waals surface area contributed by atoms with Gasteiger partial charge in [-0.2, -0.15) is 0 Å². The summed E-state index contributed by atoms with van der Waals surface area (Å²) in [6.45, 7) is 19.8. The highest BCUT2D eigenvalue weighted by Gasteiger charge is 2.43. The van der Waals surface area contributed by atoms with E-state index in [-0.39, 0.29) is 30.0 Å². The van der Waals surface area contributed by atoms with E-state index in [4.69, 9.17) is 9.16 Å². The number of carbonyl (C=O) groups is 2. The van der Waals surface area contributed by atoms with Gasteiger partial charge in [0, 0.05) is 17.5 Å². The van der Waals surface area contributed by atoms with Crippen LogP contribution in [0, 0.1) is 11.6 Å². The largest absolute Gasteiger partial charge is 0.444 e. The fraction of sp³-hybridized carbons (Fsp3) is 0.600. The Labute approximate surface area is 277 Å². The molecule has 2 aromatic carbocycles. The van der Waals surface area contributed by atoms with Crippen molar-refractivity contribution in [1.82, 2.24) is 10.2 Å². The Morgan fingerprint density at radius 1 is 1.04 bits per heavy atom. The molecule has 3 atom stereocenters. The van der Waals surface area contributed by atoms with E-state index in [1.807, 2.05) is 20.8 Å². The summed E-state index contributed by atoms with van der Waals surface area (Å²) in [5, 5.41) is 2.82. The van der Waals surface area contributed by atoms with Gasteiger partial charge in [0.25, 0.3) is 0 Å². The molecule has 0 aromatic heterocycles. The average Bonchev–Trinajstić information content (AvgIpc) is 2.87. The third kappa shape index (κ3) is 10.1. The maximum Gasteiger partial charge on any atom is 0.410 e. The Hall–Kier alpha value is -2.30. The number of hydrogen-bond donors (Lipinski definition) is 1. The first kappa shape index (κ1) is 37.2. The number of ether oxygens (including phenoxy) is 1. The molecule has 1 unspecified atom stereocenters. The SMILES string of the molecule is CCc1cc(Br)c2c(c1)[C@@H](N(C[C@@H](O[Si](C)(C)C(C)(C)C)C(Cc1cc(F)cc(F)c1)NC(C)=O)C(=O)OC(C)(C)C)CCC2. The molecule has 0 bridgehead atoms. The van der Waals surface area contributed by atoms with Gasteiger partial charge in [-0.25, -0.2) is 13.6 Å². The normalized spacial score (nSPS) is 16.9. The van der Waals surface area contributed by atoms with E-state index in [1.54, 1.807) is 4.90 Å². The monoisotopic (exact) mass is 708 g/mol. The van der Waals surface area contributed by atoms with Crippen molar-refractivity contribution in [3.63, 3.8) is 0 Å². The Balaban J connectivity index is 2.19. The van der Waals surface area contributed by atoms with Crippen molar-refractivity contribution in [2.24, 2.45) is 0 Å². The van der Waals surface area contributed by atoms with Gasteiger partial charge < -0.3 is 14.5 Å². The van der Waals surface area contributed by atoms with Gasteiger partial charge >= 0.3 is 6.09 Å². The molecule has 0 saturated heterocycles. The van der Waals surface area contributed by atoms with Crippen LogP contribution in [0.25, 0.3) is 0 Å². The number of hydrogen-bond acceptors (Lipinski definition) is 4. The zero-order valence-electron chi connectivity index (χ0n) is 28.6. The van der Waals surface area contributed by atoms with Crippen LogP contribution < -0.4 is 5.32 Å². The summed E-state index contributed by atoms with van der Waals surface area (Å²) in [6, 6.07) is 6.73. The summed E-state index contributed by atoms with van der Waals surface area (Å²) >= 11 is 3.79. The van der Waals surface area contributed by atoms with Gasteiger partial charge in [-0.15, -0.1) is 0 Å². The summed E-state index contributed by atoms with van der Waals surface area (Å²) in [7, 11) is -2.50. The number of fused-ring (bicyclic) bond motifs is 1. The van der Waals surface area contributed by atoms with Crippen LogP contribution in [0.3, 0.4) is 0 Å². The van der Waals surface area contributed by atoms with Gasteiger partial charge in [-0.05, 0) is 111 Å². The minimum atomic E-state index is -2.50. The lowest BCUT2D eigenvalue weighted by Crippen LogP contribution is -2.57. The highest BCUT2D eigenvalue weighted by atomic mass is 79.9. The molecular weight excluding hydrogens is 658 g/mol. The quantitative estimate of drug-likeness (QED) is 0.250. The van der Waals surface area contributed by atoms with E-state index in [0.29, 0.717) is 5.56 Å². The fourth-order valence-electron chi connectivity index (χ4n) is 5.60. The van der Waals surface area contributed by atoms with Crippen molar-refractivity contribution in [1.29, 1.82) is 0 Å². The molecule has 0 radical (unpaired) electrons. The van der Waals surface area contributed by atoms with E-state index in [1.165, 1.54) is 24.6 Å². The predicted octanol–water partition coefficient (Wildman–Crippen LogP) is 9.04. The number of benzene rings is 2. The molecule has 3 rings (SSSR count). The van der Waals surface area contributed by atoms with Gasteiger partial charge in [0.2, 0.25) is 5.91 Å². The highest BCUT2D eigenvalue weighted by molar-refractivity contribution is 9.10. The van der Waals surface area contributed by atoms with Gasteiger partial charge in [0.1, 0.15) is 17.2 Å². The Kier molecular flexibility index (Phi) is 12.1. The van der Waals surface area contributed by atoms with Crippen molar-refractivity contribution in [2.45, 2.75) is 129 Å². The number of carbonyl (C=O) groups excluding carboxylic acids is 2. The van der Waals surface area contributed by atoms with Gasteiger partial charge in [0.15, 0.2) is 8.32 Å². The second-order valence-corrected chi connectivity index (χ2v) is 20.4. The van der Waals surface area contributed by atoms with E-state index in [0.717, 1.165) is 47.3 Å². The maximum atomic E-state index is 14.3. The number of aryl methyl sites for hydroxylation is 1. The number of nitrogens with zero attached hydrogens (tertiary/aromatic N) is 1. The second kappa shape index (κ2) is 14.6. The molecule has 1 N–H and O–H groups in total. The molecule has 2 aromatic rings. The molecule has 250 valence electrons. The lowest BCUT2D eigenvalue weighted by atomic mass is 9.85. The molecule has 0 fully saturated rings. The van der Waals surface area contributed by atoms with Crippen molar-refractivity contribution < 1.29 is 27.5 Å². The summed E-state index contributed by atoms with van der Waals surface area (Å²) in [6.07, 6.45) is 2.30. The van der Waals surface area contributed by atoms with Crippen LogP contribution in [0.5, 0.6) is 0 Å². The zero-order valence-corrected chi connectivity index (χ0v) is 31.2. The van der Waals surface area contributed by atoms with Gasteiger partial charge in [0.05, 0.1) is 24.7 Å². The first-order valence-electron chi connectivity index (χ1n) is 15.9. The van der Waals surface area contributed by atoms with Crippen molar-refractivity contribution in [3.8, 4) is 0 Å². The molecule has 0 spiro atoms. The zero-order chi connectivity index (χ0) is 33.9. The smallest absolute Gasteiger partial charge is 0.410 e. The number of nitrogens with one attached hydrogen (secondary N) is 1. The molecule has 2 amide bonds. The van der Waals surface area contributed by atoms with E-state index in [9.17, 15) is 18.4 Å². The van der Waals surface area contributed by atoms with Crippen molar-refractivity contribution in [2.75, 3.05) is 6.54 Å². The first-order chi connectivity index (χ1) is 20.7. The summed E-state index contributed by atoms with van der Waals surface area (Å²) < 4.78 is 42.7. The molecule has 45 heavy (non-hydrogen) atoms. The predicted molar refractivity (Wildman–Crippen MR) is 182 cm³/mol. The first-order valence-corrected chi connectivity index (χ1v) is 19.6. The van der Waals surface area contributed by atoms with Gasteiger partial charge in [-0.3, -0.25) is 9.69 Å². The molecule has 1 aliphatic rings. The van der Waals surface area contributed by atoms with Crippen molar-refractivity contribution >= 4 is 36.2 Å². The Morgan fingerprint density at radius 2 is 1.67 bits per heavy atom. The highest BCUT2D eigenvalue weighted by Crippen LogP contribution is 2.41. The summed E-state index contributed by atoms with van der Waals surface area (Å²) in [4.78, 5) is 28.5. The second-order valence-electron chi connectivity index (χ2n) is 14.7. The summed E-state index contributed by atoms with van der Waals surface area (Å²) in [5.74, 6) is -1.69. The van der Waals surface area contributed by atoms with E-state index in [2.05, 4.69) is 74.2 Å². The van der Waals surface area contributed by atoms with Crippen LogP contribution in [-0.4, -0.2) is 49.5 Å². The maximum absolute atomic E-state index is 14.3. The van der Waals surface area contributed by atoms with E-state index >= 15 is 0 Å². The van der Waals surface area contributed by atoms with Crippen LogP contribution in [-0.2, 0) is 33.2 Å². The number of rotatable bonds is 10. The van der Waals surface area contributed by atoms with Gasteiger partial charge in [-0.1, -0.05) is 49.7 Å². The molecule has 1 aliphatic carbocycles. The number of amides is 2. The average molecular weight is 710 g/mol. The minimum Gasteiger partial charge on any atom is -0.444 e. The van der Waals surface area contributed by atoms with Crippen LogP contribution in [0.2, 0.25) is 18.1 Å². The fourth-order valence-corrected chi connectivity index (χ4v) is 7.67. The van der Waals surface area contributed by atoms with Crippen LogP contribution in [0.4, 0.5) is 13.6 Å². The van der Waals surface area contributed by atoms with Crippen LogP contribution in [0.15, 0.2) is 34.8 Å². The molecule has 0 saturated carbocycles. The Bertz CT molecular complexity index is 1350. The lowest BCUT2D eigenvalue weighted by Gasteiger charge is -2.45. The third-order valence-electron chi connectivity index (χ3n) is 8.81. The minimum absolute atomic E-state index is 0.113. The molecule has 6 nitrogen and oxygen atoms in total. The van der Waals surface area contributed by atoms with Crippen LogP contribution in [0.1, 0.15) is 96.5 Å². The number of halogens is 3. The van der Waals surface area contributed by atoms with E-state index < -0.39 is 43.8 Å². The molecule has 0 aliphatic heterocycles. The third-order valence-corrected chi connectivity index (χ3v) is 14.0. The molecule has 0 heterocycles. The Morgan fingerprint density at radius 3 is 2.20 bits per heavy atom. The van der Waals surface area contributed by atoms with Crippen LogP contribution >= 0.6 is 15.9 Å². The van der Waals surface area contributed by atoms with Crippen molar-refractivity contribution in [3.05, 3.63) is 68.7 Å².